The molecule has 0 aliphatic carbocycles. The Morgan fingerprint density at radius 1 is 1.53 bits per heavy atom. The third-order valence-electron chi connectivity index (χ3n) is 3.24. The van der Waals surface area contributed by atoms with E-state index >= 15 is 0 Å². The van der Waals surface area contributed by atoms with Gasteiger partial charge in [-0.15, -0.1) is 11.8 Å². The van der Waals surface area contributed by atoms with E-state index in [-0.39, 0.29) is 0 Å². The molecule has 1 heterocycles. The summed E-state index contributed by atoms with van der Waals surface area (Å²) in [6, 6.07) is 7.23. The first-order valence-corrected chi connectivity index (χ1v) is 7.80. The van der Waals surface area contributed by atoms with Crippen LogP contribution >= 0.6 is 27.7 Å². The lowest BCUT2D eigenvalue weighted by Crippen LogP contribution is -2.37. The molecule has 1 aromatic rings. The molecule has 0 saturated carbocycles. The van der Waals surface area contributed by atoms with Gasteiger partial charge in [0.1, 0.15) is 0 Å². The second kappa shape index (κ2) is 6.12. The average molecular weight is 315 g/mol. The maximum Gasteiger partial charge on any atom is 0.0515 e. The first-order valence-electron chi connectivity index (χ1n) is 6.02. The van der Waals surface area contributed by atoms with Crippen LogP contribution in [0.3, 0.4) is 0 Å². The third-order valence-corrected chi connectivity index (χ3v) is 4.94. The van der Waals surface area contributed by atoms with Crippen molar-refractivity contribution in [3.63, 3.8) is 0 Å². The molecule has 2 nitrogen and oxygen atoms in total. The summed E-state index contributed by atoms with van der Waals surface area (Å²) in [6.45, 7) is 1.11. The van der Waals surface area contributed by atoms with Crippen LogP contribution in [-0.4, -0.2) is 32.4 Å². The van der Waals surface area contributed by atoms with E-state index in [0.29, 0.717) is 6.04 Å². The van der Waals surface area contributed by atoms with Crippen molar-refractivity contribution in [1.29, 1.82) is 0 Å². The van der Waals surface area contributed by atoms with Crippen molar-refractivity contribution >= 4 is 33.4 Å². The Morgan fingerprint density at radius 2 is 2.35 bits per heavy atom. The monoisotopic (exact) mass is 314 g/mol. The van der Waals surface area contributed by atoms with Crippen LogP contribution in [0.2, 0.25) is 0 Å². The number of anilines is 1. The van der Waals surface area contributed by atoms with E-state index in [1.165, 1.54) is 33.7 Å². The maximum absolute atomic E-state index is 3.56. The van der Waals surface area contributed by atoms with Crippen LogP contribution in [-0.2, 0) is 0 Å². The minimum atomic E-state index is 0.662. The second-order valence-electron chi connectivity index (χ2n) is 4.43. The van der Waals surface area contributed by atoms with Gasteiger partial charge >= 0.3 is 0 Å². The molecule has 0 radical (unpaired) electrons. The van der Waals surface area contributed by atoms with Crippen LogP contribution in [0.25, 0.3) is 0 Å². The lowest BCUT2D eigenvalue weighted by molar-refractivity contribution is 0.577. The van der Waals surface area contributed by atoms with Crippen LogP contribution in [0.15, 0.2) is 27.6 Å². The SMILES string of the molecule is CNCCCC1CSc2ccc(Br)cc2N1C. The zero-order chi connectivity index (χ0) is 12.3. The Bertz CT molecular complexity index is 384. The number of rotatable bonds is 4. The number of fused-ring (bicyclic) bond motifs is 1. The molecular formula is C13H19BrN2S. The van der Waals surface area contributed by atoms with Gasteiger partial charge in [0.2, 0.25) is 0 Å². The van der Waals surface area contributed by atoms with Gasteiger partial charge in [-0.2, -0.15) is 0 Å². The number of hydrogen-bond acceptors (Lipinski definition) is 3. The molecular weight excluding hydrogens is 296 g/mol. The number of benzene rings is 1. The first-order chi connectivity index (χ1) is 8.22. The van der Waals surface area contributed by atoms with Gasteiger partial charge in [-0.25, -0.2) is 0 Å². The molecule has 1 unspecified atom stereocenters. The Labute approximate surface area is 116 Å². The van der Waals surface area contributed by atoms with Crippen molar-refractivity contribution in [2.45, 2.75) is 23.8 Å². The number of nitrogens with one attached hydrogen (secondary N) is 1. The molecule has 1 aliphatic heterocycles. The van der Waals surface area contributed by atoms with Gasteiger partial charge in [-0.05, 0) is 44.6 Å². The van der Waals surface area contributed by atoms with Crippen molar-refractivity contribution in [3.05, 3.63) is 22.7 Å². The molecule has 4 heteroatoms. The molecule has 17 heavy (non-hydrogen) atoms. The Balaban J connectivity index is 2.06. The highest BCUT2D eigenvalue weighted by Crippen LogP contribution is 2.39. The Hall–Kier alpha value is -0.190. The molecule has 0 aromatic heterocycles. The highest BCUT2D eigenvalue weighted by Gasteiger charge is 2.23. The van der Waals surface area contributed by atoms with E-state index < -0.39 is 0 Å². The number of halogens is 1. The molecule has 0 amide bonds. The minimum absolute atomic E-state index is 0.662. The average Bonchev–Trinajstić information content (AvgIpc) is 2.33. The molecule has 0 fully saturated rings. The number of nitrogens with zero attached hydrogens (tertiary/aromatic N) is 1. The van der Waals surface area contributed by atoms with Crippen LogP contribution in [0.4, 0.5) is 5.69 Å². The summed E-state index contributed by atoms with van der Waals surface area (Å²) in [4.78, 5) is 3.84. The van der Waals surface area contributed by atoms with Crippen molar-refractivity contribution < 1.29 is 0 Å². The Kier molecular flexibility index (Phi) is 4.77. The van der Waals surface area contributed by atoms with Crippen LogP contribution in [0.5, 0.6) is 0 Å². The van der Waals surface area contributed by atoms with E-state index in [4.69, 9.17) is 0 Å². The van der Waals surface area contributed by atoms with Gasteiger partial charge in [0, 0.05) is 28.2 Å². The molecule has 2 rings (SSSR count). The van der Waals surface area contributed by atoms with E-state index in [1.54, 1.807) is 0 Å². The second-order valence-corrected chi connectivity index (χ2v) is 6.41. The Morgan fingerprint density at radius 3 is 3.12 bits per heavy atom. The minimum Gasteiger partial charge on any atom is -0.370 e. The van der Waals surface area contributed by atoms with Crippen LogP contribution in [0, 0.1) is 0 Å². The van der Waals surface area contributed by atoms with Crippen molar-refractivity contribution in [2.24, 2.45) is 0 Å². The normalized spacial score (nSPS) is 19.2. The summed E-state index contributed by atoms with van der Waals surface area (Å²) in [5.74, 6) is 1.20. The zero-order valence-corrected chi connectivity index (χ0v) is 12.8. The summed E-state index contributed by atoms with van der Waals surface area (Å²) in [5, 5.41) is 3.22. The summed E-state index contributed by atoms with van der Waals surface area (Å²) >= 11 is 5.54. The zero-order valence-electron chi connectivity index (χ0n) is 10.4. The molecule has 0 spiro atoms. The van der Waals surface area contributed by atoms with Gasteiger partial charge in [0.15, 0.2) is 0 Å². The molecule has 0 bridgehead atoms. The molecule has 1 aromatic carbocycles. The predicted molar refractivity (Wildman–Crippen MR) is 80.2 cm³/mol. The van der Waals surface area contributed by atoms with Crippen LogP contribution < -0.4 is 10.2 Å². The summed E-state index contributed by atoms with van der Waals surface area (Å²) in [6.07, 6.45) is 2.51. The summed E-state index contributed by atoms with van der Waals surface area (Å²) in [7, 11) is 4.24. The lowest BCUT2D eigenvalue weighted by atomic mass is 10.1. The molecule has 94 valence electrons. The van der Waals surface area contributed by atoms with Gasteiger partial charge in [-0.3, -0.25) is 0 Å². The van der Waals surface area contributed by atoms with Crippen molar-refractivity contribution in [1.82, 2.24) is 5.32 Å². The van der Waals surface area contributed by atoms with Gasteiger partial charge in [0.25, 0.3) is 0 Å². The summed E-state index contributed by atoms with van der Waals surface area (Å²) < 4.78 is 1.17. The number of hydrogen-bond donors (Lipinski definition) is 1. The van der Waals surface area contributed by atoms with E-state index in [2.05, 4.69) is 51.4 Å². The molecule has 1 aliphatic rings. The van der Waals surface area contributed by atoms with Crippen LogP contribution in [0.1, 0.15) is 12.8 Å². The van der Waals surface area contributed by atoms with Gasteiger partial charge in [0.05, 0.1) is 5.69 Å². The first kappa shape index (κ1) is 13.2. The van der Waals surface area contributed by atoms with Crippen molar-refractivity contribution in [3.8, 4) is 0 Å². The van der Waals surface area contributed by atoms with Gasteiger partial charge < -0.3 is 10.2 Å². The maximum atomic E-state index is 3.56. The number of thioether (sulfide) groups is 1. The molecule has 1 N–H and O–H groups in total. The molecule has 1 atom stereocenters. The van der Waals surface area contributed by atoms with Crippen molar-refractivity contribution in [2.75, 3.05) is 31.3 Å². The largest absolute Gasteiger partial charge is 0.370 e. The van der Waals surface area contributed by atoms with E-state index in [1.807, 2.05) is 18.8 Å². The predicted octanol–water partition coefficient (Wildman–Crippen LogP) is 3.36. The third kappa shape index (κ3) is 3.18. The lowest BCUT2D eigenvalue weighted by Gasteiger charge is -2.35. The topological polar surface area (TPSA) is 15.3 Å². The fraction of sp³-hybridized carbons (Fsp3) is 0.538. The standard InChI is InChI=1S/C13H19BrN2S/c1-15-7-3-4-11-9-17-13-6-5-10(14)8-12(13)16(11)2/h5-6,8,11,15H,3-4,7,9H2,1-2H3. The highest BCUT2D eigenvalue weighted by atomic mass is 79.9. The van der Waals surface area contributed by atoms with E-state index in [0.717, 1.165) is 6.54 Å². The smallest absolute Gasteiger partial charge is 0.0515 e. The molecule has 0 saturated heterocycles. The van der Waals surface area contributed by atoms with E-state index in [9.17, 15) is 0 Å². The quantitative estimate of drug-likeness (QED) is 0.858. The summed E-state index contributed by atoms with van der Waals surface area (Å²) in [5.41, 5.74) is 1.37. The fourth-order valence-corrected chi connectivity index (χ4v) is 3.80. The fourth-order valence-electron chi connectivity index (χ4n) is 2.17. The van der Waals surface area contributed by atoms with Gasteiger partial charge in [-0.1, -0.05) is 15.9 Å². The highest BCUT2D eigenvalue weighted by molar-refractivity contribution is 9.10.